The van der Waals surface area contributed by atoms with Crippen molar-refractivity contribution < 1.29 is 24.2 Å². The molecule has 0 aromatic heterocycles. The fraction of sp³-hybridized carbons (Fsp3) is 0.579. The summed E-state index contributed by atoms with van der Waals surface area (Å²) in [6.07, 6.45) is 1.33. The van der Waals surface area contributed by atoms with Crippen molar-refractivity contribution in [2.75, 3.05) is 26.8 Å². The van der Waals surface area contributed by atoms with Gasteiger partial charge < -0.3 is 19.5 Å². The van der Waals surface area contributed by atoms with Crippen LogP contribution >= 0.6 is 0 Å². The van der Waals surface area contributed by atoms with Crippen molar-refractivity contribution in [3.05, 3.63) is 35.4 Å². The molecule has 1 saturated heterocycles. The molecule has 1 aliphatic rings. The van der Waals surface area contributed by atoms with E-state index in [0.717, 1.165) is 5.56 Å². The molecule has 1 atom stereocenters. The quantitative estimate of drug-likeness (QED) is 0.819. The number of methoxy groups -OCH3 is 1. The van der Waals surface area contributed by atoms with Crippen LogP contribution in [0.3, 0.4) is 0 Å². The largest absolute Gasteiger partial charge is 0.481 e. The molecule has 6 nitrogen and oxygen atoms in total. The Kier molecular flexibility index (Phi) is 6.56. The van der Waals surface area contributed by atoms with E-state index in [1.807, 2.05) is 26.0 Å². The number of carboxylic acid groups (broad SMARTS) is 1. The number of hydrogen-bond acceptors (Lipinski definition) is 4. The topological polar surface area (TPSA) is 76.1 Å². The standard InChI is InChI=1S/C19H27NO5/c1-14(2)25-11-15-5-7-16(8-6-15)17(21)20-10-4-9-19(12-20,13-24-3)18(22)23/h5-8,14H,4,9-13H2,1-3H3,(H,22,23). The number of amides is 1. The molecule has 1 fully saturated rings. The molecule has 0 radical (unpaired) electrons. The molecule has 0 spiro atoms. The van der Waals surface area contributed by atoms with Crippen LogP contribution in [0.2, 0.25) is 0 Å². The van der Waals surface area contributed by atoms with Gasteiger partial charge in [-0.3, -0.25) is 9.59 Å². The summed E-state index contributed by atoms with van der Waals surface area (Å²) in [4.78, 5) is 26.1. The van der Waals surface area contributed by atoms with E-state index in [0.29, 0.717) is 31.6 Å². The van der Waals surface area contributed by atoms with Crippen LogP contribution in [0.5, 0.6) is 0 Å². The van der Waals surface area contributed by atoms with E-state index in [9.17, 15) is 14.7 Å². The van der Waals surface area contributed by atoms with Crippen LogP contribution < -0.4 is 0 Å². The van der Waals surface area contributed by atoms with Crippen LogP contribution in [0.25, 0.3) is 0 Å². The zero-order valence-electron chi connectivity index (χ0n) is 15.2. The lowest BCUT2D eigenvalue weighted by Crippen LogP contribution is -2.52. The van der Waals surface area contributed by atoms with Gasteiger partial charge in [0.1, 0.15) is 5.41 Å². The number of hydrogen-bond donors (Lipinski definition) is 1. The average molecular weight is 349 g/mol. The van der Waals surface area contributed by atoms with E-state index in [2.05, 4.69) is 0 Å². The third-order valence-electron chi connectivity index (χ3n) is 4.52. The van der Waals surface area contributed by atoms with Crippen LogP contribution in [-0.2, 0) is 20.9 Å². The Bertz CT molecular complexity index is 594. The van der Waals surface area contributed by atoms with Gasteiger partial charge in [-0.2, -0.15) is 0 Å². The summed E-state index contributed by atoms with van der Waals surface area (Å²) < 4.78 is 10.7. The molecule has 0 bridgehead atoms. The molecular weight excluding hydrogens is 322 g/mol. The van der Waals surface area contributed by atoms with Crippen molar-refractivity contribution in [3.8, 4) is 0 Å². The molecule has 2 rings (SSSR count). The number of carbonyl (C=O) groups excluding carboxylic acids is 1. The second-order valence-electron chi connectivity index (χ2n) is 6.91. The molecule has 1 aliphatic heterocycles. The van der Waals surface area contributed by atoms with Crippen molar-refractivity contribution in [2.45, 2.75) is 39.4 Å². The number of benzene rings is 1. The highest BCUT2D eigenvalue weighted by Crippen LogP contribution is 2.31. The van der Waals surface area contributed by atoms with Crippen LogP contribution in [0.4, 0.5) is 0 Å². The molecule has 6 heteroatoms. The van der Waals surface area contributed by atoms with Gasteiger partial charge in [-0.25, -0.2) is 0 Å². The molecule has 1 aromatic rings. The van der Waals surface area contributed by atoms with Gasteiger partial charge in [-0.05, 0) is 44.4 Å². The second kappa shape index (κ2) is 8.45. The number of likely N-dealkylation sites (tertiary alicyclic amines) is 1. The van der Waals surface area contributed by atoms with Gasteiger partial charge in [-0.1, -0.05) is 12.1 Å². The van der Waals surface area contributed by atoms with Crippen molar-refractivity contribution >= 4 is 11.9 Å². The van der Waals surface area contributed by atoms with E-state index in [1.165, 1.54) is 7.11 Å². The summed E-state index contributed by atoms with van der Waals surface area (Å²) in [5, 5.41) is 9.60. The van der Waals surface area contributed by atoms with Gasteiger partial charge in [-0.15, -0.1) is 0 Å². The minimum Gasteiger partial charge on any atom is -0.481 e. The fourth-order valence-corrected chi connectivity index (χ4v) is 3.12. The van der Waals surface area contributed by atoms with E-state index >= 15 is 0 Å². The molecule has 1 heterocycles. The van der Waals surface area contributed by atoms with Crippen LogP contribution in [-0.4, -0.2) is 54.8 Å². The number of nitrogens with zero attached hydrogens (tertiary/aromatic N) is 1. The lowest BCUT2D eigenvalue weighted by Gasteiger charge is -2.39. The van der Waals surface area contributed by atoms with Crippen molar-refractivity contribution in [1.29, 1.82) is 0 Å². The number of ether oxygens (including phenoxy) is 2. The van der Waals surface area contributed by atoms with E-state index < -0.39 is 11.4 Å². The Morgan fingerprint density at radius 3 is 2.52 bits per heavy atom. The molecule has 1 aromatic carbocycles. The van der Waals surface area contributed by atoms with Crippen molar-refractivity contribution in [2.24, 2.45) is 5.41 Å². The summed E-state index contributed by atoms with van der Waals surface area (Å²) in [5.41, 5.74) is 0.545. The van der Waals surface area contributed by atoms with E-state index in [1.54, 1.807) is 17.0 Å². The minimum atomic E-state index is -1.02. The highest BCUT2D eigenvalue weighted by atomic mass is 16.5. The number of rotatable bonds is 7. The first kappa shape index (κ1) is 19.4. The predicted molar refractivity (Wildman–Crippen MR) is 93.4 cm³/mol. The third kappa shape index (κ3) is 4.80. The van der Waals surface area contributed by atoms with Crippen molar-refractivity contribution in [3.63, 3.8) is 0 Å². The summed E-state index contributed by atoms with van der Waals surface area (Å²) in [6.45, 7) is 5.30. The molecule has 138 valence electrons. The SMILES string of the molecule is COCC1(C(=O)O)CCCN(C(=O)c2ccc(COC(C)C)cc2)C1. The summed E-state index contributed by atoms with van der Waals surface area (Å²) >= 11 is 0. The first-order valence-electron chi connectivity index (χ1n) is 8.60. The maximum atomic E-state index is 12.8. The second-order valence-corrected chi connectivity index (χ2v) is 6.91. The first-order valence-corrected chi connectivity index (χ1v) is 8.60. The van der Waals surface area contributed by atoms with Crippen LogP contribution in [0.15, 0.2) is 24.3 Å². The van der Waals surface area contributed by atoms with E-state index in [-0.39, 0.29) is 25.2 Å². The van der Waals surface area contributed by atoms with Crippen LogP contribution in [0.1, 0.15) is 42.6 Å². The molecule has 1 N–H and O–H groups in total. The normalized spacial score (nSPS) is 20.7. The Morgan fingerprint density at radius 1 is 1.28 bits per heavy atom. The van der Waals surface area contributed by atoms with Gasteiger partial charge in [0.25, 0.3) is 5.91 Å². The smallest absolute Gasteiger partial charge is 0.313 e. The highest BCUT2D eigenvalue weighted by molar-refractivity contribution is 5.94. The monoisotopic (exact) mass is 349 g/mol. The van der Waals surface area contributed by atoms with Gasteiger partial charge in [0, 0.05) is 25.8 Å². The Balaban J connectivity index is 2.07. The Hall–Kier alpha value is -1.92. The Labute approximate surface area is 148 Å². The Morgan fingerprint density at radius 2 is 1.96 bits per heavy atom. The number of carbonyl (C=O) groups is 2. The molecule has 1 amide bonds. The molecular formula is C19H27NO5. The molecule has 25 heavy (non-hydrogen) atoms. The third-order valence-corrected chi connectivity index (χ3v) is 4.52. The summed E-state index contributed by atoms with van der Waals surface area (Å²) in [5.74, 6) is -1.05. The fourth-order valence-electron chi connectivity index (χ4n) is 3.12. The highest BCUT2D eigenvalue weighted by Gasteiger charge is 2.43. The molecule has 0 saturated carbocycles. The number of aliphatic carboxylic acids is 1. The molecule has 0 aliphatic carbocycles. The molecule has 1 unspecified atom stereocenters. The zero-order chi connectivity index (χ0) is 18.4. The van der Waals surface area contributed by atoms with Gasteiger partial charge in [0.05, 0.1) is 19.3 Å². The number of carboxylic acids is 1. The van der Waals surface area contributed by atoms with Gasteiger partial charge in [0.2, 0.25) is 0 Å². The maximum absolute atomic E-state index is 12.8. The van der Waals surface area contributed by atoms with Gasteiger partial charge >= 0.3 is 5.97 Å². The summed E-state index contributed by atoms with van der Waals surface area (Å²) in [6, 6.07) is 7.29. The zero-order valence-corrected chi connectivity index (χ0v) is 15.2. The average Bonchev–Trinajstić information content (AvgIpc) is 2.60. The van der Waals surface area contributed by atoms with Gasteiger partial charge in [0.15, 0.2) is 0 Å². The van der Waals surface area contributed by atoms with Crippen molar-refractivity contribution in [1.82, 2.24) is 4.90 Å². The number of piperidine rings is 1. The maximum Gasteiger partial charge on any atom is 0.313 e. The minimum absolute atomic E-state index is 0.109. The lowest BCUT2D eigenvalue weighted by atomic mass is 9.80. The lowest BCUT2D eigenvalue weighted by molar-refractivity contribution is -0.155. The predicted octanol–water partition coefficient (Wildman–Crippen LogP) is 2.57. The van der Waals surface area contributed by atoms with E-state index in [4.69, 9.17) is 9.47 Å². The summed E-state index contributed by atoms with van der Waals surface area (Å²) in [7, 11) is 1.49. The first-order chi connectivity index (χ1) is 11.9. The van der Waals surface area contributed by atoms with Crippen LogP contribution in [0, 0.1) is 5.41 Å².